The minimum absolute atomic E-state index is 0.197. The first-order valence-electron chi connectivity index (χ1n) is 8.62. The van der Waals surface area contributed by atoms with Crippen LogP contribution in [-0.2, 0) is 5.41 Å². The summed E-state index contributed by atoms with van der Waals surface area (Å²) in [6.45, 7) is 8.98. The topological polar surface area (TPSA) is 3.24 Å². The van der Waals surface area contributed by atoms with Gasteiger partial charge in [-0.05, 0) is 43.3 Å². The SMILES string of the molecule is CC1(c2ccccc2)CC=C1c1ccccc1.CCN(C)CC. The van der Waals surface area contributed by atoms with Gasteiger partial charge in [0.1, 0.15) is 0 Å². The number of allylic oxidation sites excluding steroid dienone is 2. The standard InChI is InChI=1S/C17H16.C5H13N/c1-17(15-10-6-3-7-11-15)13-12-16(17)14-8-4-2-5-9-14;1-4-6(3)5-2/h2-12H,13H2,1H3;4-5H2,1-3H3. The van der Waals surface area contributed by atoms with Crippen molar-refractivity contribution in [2.75, 3.05) is 20.1 Å². The molecule has 0 amide bonds. The summed E-state index contributed by atoms with van der Waals surface area (Å²) in [6.07, 6.45) is 3.49. The molecule has 0 spiro atoms. The lowest BCUT2D eigenvalue weighted by molar-refractivity contribution is 0.373. The summed E-state index contributed by atoms with van der Waals surface area (Å²) in [6, 6.07) is 21.5. The average molecular weight is 307 g/mol. The molecular weight excluding hydrogens is 278 g/mol. The molecule has 2 aromatic rings. The summed E-state index contributed by atoms with van der Waals surface area (Å²) in [5, 5.41) is 0. The Morgan fingerprint density at radius 1 is 0.870 bits per heavy atom. The third-order valence-corrected chi connectivity index (χ3v) is 4.88. The van der Waals surface area contributed by atoms with Crippen molar-refractivity contribution in [1.29, 1.82) is 0 Å². The van der Waals surface area contributed by atoms with Gasteiger partial charge < -0.3 is 4.90 Å². The predicted octanol–water partition coefficient (Wildman–Crippen LogP) is 5.39. The second-order valence-electron chi connectivity index (χ2n) is 6.37. The van der Waals surface area contributed by atoms with Crippen LogP contribution in [0.5, 0.6) is 0 Å². The molecule has 0 saturated carbocycles. The molecule has 23 heavy (non-hydrogen) atoms. The van der Waals surface area contributed by atoms with Gasteiger partial charge in [0.05, 0.1) is 0 Å². The van der Waals surface area contributed by atoms with Gasteiger partial charge in [0.2, 0.25) is 0 Å². The van der Waals surface area contributed by atoms with Gasteiger partial charge in [-0.2, -0.15) is 0 Å². The molecule has 1 nitrogen and oxygen atoms in total. The van der Waals surface area contributed by atoms with Gasteiger partial charge in [-0.1, -0.05) is 87.5 Å². The maximum atomic E-state index is 2.35. The molecule has 0 heterocycles. The quantitative estimate of drug-likeness (QED) is 0.732. The van der Waals surface area contributed by atoms with Crippen molar-refractivity contribution in [3.05, 3.63) is 77.9 Å². The monoisotopic (exact) mass is 307 g/mol. The van der Waals surface area contributed by atoms with Crippen LogP contribution < -0.4 is 0 Å². The number of benzene rings is 2. The summed E-state index contributed by atoms with van der Waals surface area (Å²) < 4.78 is 0. The van der Waals surface area contributed by atoms with Crippen LogP contribution in [0.2, 0.25) is 0 Å². The molecule has 3 rings (SSSR count). The van der Waals surface area contributed by atoms with Crippen molar-refractivity contribution in [2.24, 2.45) is 0 Å². The Hall–Kier alpha value is -1.86. The molecular formula is C22H29N. The highest BCUT2D eigenvalue weighted by Gasteiger charge is 2.36. The van der Waals surface area contributed by atoms with Crippen LogP contribution in [0.3, 0.4) is 0 Å². The zero-order chi connectivity index (χ0) is 16.7. The van der Waals surface area contributed by atoms with Crippen LogP contribution in [0.4, 0.5) is 0 Å². The van der Waals surface area contributed by atoms with E-state index in [1.807, 2.05) is 0 Å². The van der Waals surface area contributed by atoms with Crippen molar-refractivity contribution < 1.29 is 0 Å². The maximum absolute atomic E-state index is 2.35. The Morgan fingerprint density at radius 3 is 1.78 bits per heavy atom. The Kier molecular flexibility index (Phi) is 6.18. The number of hydrogen-bond acceptors (Lipinski definition) is 1. The lowest BCUT2D eigenvalue weighted by atomic mass is 9.64. The van der Waals surface area contributed by atoms with Gasteiger partial charge in [0.25, 0.3) is 0 Å². The molecule has 1 heteroatoms. The molecule has 1 aliphatic carbocycles. The van der Waals surface area contributed by atoms with E-state index in [9.17, 15) is 0 Å². The Bertz CT molecular complexity index is 611. The van der Waals surface area contributed by atoms with E-state index in [1.54, 1.807) is 0 Å². The summed E-state index contributed by atoms with van der Waals surface area (Å²) in [5.41, 5.74) is 4.43. The van der Waals surface area contributed by atoms with Crippen LogP contribution in [0.25, 0.3) is 5.57 Å². The Morgan fingerprint density at radius 2 is 1.39 bits per heavy atom. The highest BCUT2D eigenvalue weighted by atomic mass is 15.1. The van der Waals surface area contributed by atoms with Crippen LogP contribution in [0.1, 0.15) is 38.3 Å². The van der Waals surface area contributed by atoms with E-state index in [0.29, 0.717) is 0 Å². The van der Waals surface area contributed by atoms with E-state index >= 15 is 0 Å². The fourth-order valence-corrected chi connectivity index (χ4v) is 2.87. The summed E-state index contributed by atoms with van der Waals surface area (Å²) in [7, 11) is 2.11. The Labute approximate surface area is 141 Å². The fourth-order valence-electron chi connectivity index (χ4n) is 2.87. The fraction of sp³-hybridized carbons (Fsp3) is 0.364. The highest BCUT2D eigenvalue weighted by Crippen LogP contribution is 2.48. The van der Waals surface area contributed by atoms with Crippen LogP contribution in [-0.4, -0.2) is 25.0 Å². The third kappa shape index (κ3) is 4.11. The molecule has 0 fully saturated rings. The smallest absolute Gasteiger partial charge is 0.0212 e. The van der Waals surface area contributed by atoms with Crippen molar-refractivity contribution in [3.63, 3.8) is 0 Å². The van der Waals surface area contributed by atoms with Crippen molar-refractivity contribution in [3.8, 4) is 0 Å². The number of hydrogen-bond donors (Lipinski definition) is 0. The van der Waals surface area contributed by atoms with E-state index in [0.717, 1.165) is 19.5 Å². The minimum Gasteiger partial charge on any atom is -0.307 e. The second kappa shape index (κ2) is 8.12. The minimum atomic E-state index is 0.197. The predicted molar refractivity (Wildman–Crippen MR) is 102 cm³/mol. The lowest BCUT2D eigenvalue weighted by Crippen LogP contribution is -2.29. The number of rotatable bonds is 4. The van der Waals surface area contributed by atoms with Crippen LogP contribution in [0, 0.1) is 0 Å². The van der Waals surface area contributed by atoms with Crippen molar-refractivity contribution in [2.45, 2.75) is 32.6 Å². The summed E-state index contributed by atoms with van der Waals surface area (Å²) >= 11 is 0. The largest absolute Gasteiger partial charge is 0.307 e. The second-order valence-corrected chi connectivity index (χ2v) is 6.37. The normalized spacial score (nSPS) is 19.4. The first kappa shape index (κ1) is 17.5. The first-order chi connectivity index (χ1) is 11.1. The van der Waals surface area contributed by atoms with Crippen LogP contribution >= 0.6 is 0 Å². The van der Waals surface area contributed by atoms with Gasteiger partial charge in [-0.15, -0.1) is 0 Å². The van der Waals surface area contributed by atoms with Gasteiger partial charge in [-0.25, -0.2) is 0 Å². The van der Waals surface area contributed by atoms with E-state index in [1.165, 1.54) is 16.7 Å². The molecule has 1 aliphatic rings. The molecule has 0 saturated heterocycles. The van der Waals surface area contributed by atoms with Gasteiger partial charge >= 0.3 is 0 Å². The molecule has 2 aromatic carbocycles. The molecule has 0 N–H and O–H groups in total. The molecule has 0 bridgehead atoms. The summed E-state index contributed by atoms with van der Waals surface area (Å²) in [5.74, 6) is 0. The Balaban J connectivity index is 0.000000277. The zero-order valence-corrected chi connectivity index (χ0v) is 14.9. The average Bonchev–Trinajstić information content (AvgIpc) is 2.61. The maximum Gasteiger partial charge on any atom is 0.0212 e. The van der Waals surface area contributed by atoms with Crippen molar-refractivity contribution >= 4 is 5.57 Å². The highest BCUT2D eigenvalue weighted by molar-refractivity contribution is 5.80. The van der Waals surface area contributed by atoms with E-state index < -0.39 is 0 Å². The first-order valence-corrected chi connectivity index (χ1v) is 8.62. The molecule has 0 radical (unpaired) electrons. The summed E-state index contributed by atoms with van der Waals surface area (Å²) in [4.78, 5) is 2.25. The molecule has 1 unspecified atom stereocenters. The van der Waals surface area contributed by atoms with Gasteiger partial charge in [0, 0.05) is 5.41 Å². The van der Waals surface area contributed by atoms with Gasteiger partial charge in [-0.3, -0.25) is 0 Å². The van der Waals surface area contributed by atoms with Gasteiger partial charge in [0.15, 0.2) is 0 Å². The molecule has 0 aromatic heterocycles. The van der Waals surface area contributed by atoms with E-state index in [4.69, 9.17) is 0 Å². The van der Waals surface area contributed by atoms with Crippen LogP contribution in [0.15, 0.2) is 66.7 Å². The van der Waals surface area contributed by atoms with E-state index in [-0.39, 0.29) is 5.41 Å². The zero-order valence-electron chi connectivity index (χ0n) is 14.9. The third-order valence-electron chi connectivity index (χ3n) is 4.88. The van der Waals surface area contributed by atoms with E-state index in [2.05, 4.69) is 99.5 Å². The molecule has 0 aliphatic heterocycles. The lowest BCUT2D eigenvalue weighted by Gasteiger charge is -2.40. The molecule has 122 valence electrons. The van der Waals surface area contributed by atoms with Crippen molar-refractivity contribution in [1.82, 2.24) is 4.90 Å². The molecule has 1 atom stereocenters. The number of nitrogens with zero attached hydrogens (tertiary/aromatic N) is 1.